The smallest absolute Gasteiger partial charge is 0.335 e. The van der Waals surface area contributed by atoms with Gasteiger partial charge in [0.2, 0.25) is 0 Å². The van der Waals surface area contributed by atoms with Crippen LogP contribution in [0.4, 0.5) is 13.2 Å². The SMILES string of the molecule is O=C(c1ccc(C(F)(F)F)nc1)N1CCCC2CCCCC21. The van der Waals surface area contributed by atoms with Crippen molar-refractivity contribution in [2.75, 3.05) is 6.54 Å². The number of pyridine rings is 1. The van der Waals surface area contributed by atoms with E-state index in [-0.39, 0.29) is 17.5 Å². The van der Waals surface area contributed by atoms with Crippen molar-refractivity contribution in [1.29, 1.82) is 0 Å². The highest BCUT2D eigenvalue weighted by molar-refractivity contribution is 5.94. The van der Waals surface area contributed by atoms with Crippen LogP contribution in [0.2, 0.25) is 0 Å². The Morgan fingerprint density at radius 3 is 2.55 bits per heavy atom. The quantitative estimate of drug-likeness (QED) is 0.788. The van der Waals surface area contributed by atoms with Crippen molar-refractivity contribution in [2.45, 2.75) is 50.7 Å². The third-order valence-corrected chi connectivity index (χ3v) is 4.80. The summed E-state index contributed by atoms with van der Waals surface area (Å²) in [5.41, 5.74) is -0.711. The summed E-state index contributed by atoms with van der Waals surface area (Å²) in [4.78, 5) is 17.9. The molecule has 6 heteroatoms. The molecule has 1 aliphatic heterocycles. The maximum absolute atomic E-state index is 12.6. The molecule has 1 saturated heterocycles. The number of fused-ring (bicyclic) bond motifs is 1. The zero-order valence-corrected chi connectivity index (χ0v) is 12.3. The predicted octanol–water partition coefficient (Wildman–Crippen LogP) is 3.90. The van der Waals surface area contributed by atoms with E-state index >= 15 is 0 Å². The van der Waals surface area contributed by atoms with Gasteiger partial charge in [-0.15, -0.1) is 0 Å². The van der Waals surface area contributed by atoms with E-state index in [2.05, 4.69) is 4.98 Å². The lowest BCUT2D eigenvalue weighted by molar-refractivity contribution is -0.141. The molecule has 2 heterocycles. The first-order valence-corrected chi connectivity index (χ1v) is 7.81. The second kappa shape index (κ2) is 5.89. The highest BCUT2D eigenvalue weighted by Crippen LogP contribution is 2.36. The third kappa shape index (κ3) is 2.96. The predicted molar refractivity (Wildman–Crippen MR) is 75.3 cm³/mol. The van der Waals surface area contributed by atoms with Crippen molar-refractivity contribution in [2.24, 2.45) is 5.92 Å². The number of hydrogen-bond donors (Lipinski definition) is 0. The summed E-state index contributed by atoms with van der Waals surface area (Å²) in [7, 11) is 0. The Kier molecular flexibility index (Phi) is 4.10. The third-order valence-electron chi connectivity index (χ3n) is 4.80. The first-order chi connectivity index (χ1) is 10.5. The molecule has 3 nitrogen and oxygen atoms in total. The molecule has 1 aromatic rings. The summed E-state index contributed by atoms with van der Waals surface area (Å²) in [5, 5.41) is 0. The topological polar surface area (TPSA) is 33.2 Å². The summed E-state index contributed by atoms with van der Waals surface area (Å²) in [5.74, 6) is 0.367. The molecule has 22 heavy (non-hydrogen) atoms. The Morgan fingerprint density at radius 2 is 1.86 bits per heavy atom. The maximum atomic E-state index is 12.6. The Hall–Kier alpha value is -1.59. The summed E-state index contributed by atoms with van der Waals surface area (Å²) in [6, 6.07) is 2.37. The van der Waals surface area contributed by atoms with Crippen molar-refractivity contribution >= 4 is 5.91 Å². The molecule has 1 amide bonds. The standard InChI is InChI=1S/C16H19F3N2O/c17-16(18,19)14-8-7-12(10-20-14)15(22)21-9-3-5-11-4-1-2-6-13(11)21/h7-8,10-11,13H,1-6,9H2. The lowest BCUT2D eigenvalue weighted by atomic mass is 9.78. The van der Waals surface area contributed by atoms with Crippen LogP contribution in [0.1, 0.15) is 54.6 Å². The average Bonchev–Trinajstić information content (AvgIpc) is 2.53. The van der Waals surface area contributed by atoms with E-state index in [1.165, 1.54) is 12.5 Å². The number of rotatable bonds is 1. The molecular weight excluding hydrogens is 293 g/mol. The number of amides is 1. The van der Waals surface area contributed by atoms with Crippen LogP contribution in [0.3, 0.4) is 0 Å². The number of aromatic nitrogens is 1. The highest BCUT2D eigenvalue weighted by Gasteiger charge is 2.37. The van der Waals surface area contributed by atoms with Gasteiger partial charge in [-0.05, 0) is 43.7 Å². The van der Waals surface area contributed by atoms with Crippen molar-refractivity contribution in [3.8, 4) is 0 Å². The number of nitrogens with zero attached hydrogens (tertiary/aromatic N) is 2. The van der Waals surface area contributed by atoms with Crippen LogP contribution in [0.25, 0.3) is 0 Å². The number of halogens is 3. The van der Waals surface area contributed by atoms with Gasteiger partial charge >= 0.3 is 6.18 Å². The molecule has 0 N–H and O–H groups in total. The number of alkyl halides is 3. The van der Waals surface area contributed by atoms with Crippen molar-refractivity contribution in [3.63, 3.8) is 0 Å². The van der Waals surface area contributed by atoms with Crippen LogP contribution in [0.15, 0.2) is 18.3 Å². The molecule has 2 fully saturated rings. The molecular formula is C16H19F3N2O. The lowest BCUT2D eigenvalue weighted by Gasteiger charge is -2.44. The second-order valence-corrected chi connectivity index (χ2v) is 6.18. The van der Waals surface area contributed by atoms with E-state index in [9.17, 15) is 18.0 Å². The molecule has 3 rings (SSSR count). The maximum Gasteiger partial charge on any atom is 0.433 e. The van der Waals surface area contributed by atoms with E-state index in [0.717, 1.165) is 44.4 Å². The van der Waals surface area contributed by atoms with Gasteiger partial charge in [0.1, 0.15) is 5.69 Å². The molecule has 1 aromatic heterocycles. The fraction of sp³-hybridized carbons (Fsp3) is 0.625. The highest BCUT2D eigenvalue weighted by atomic mass is 19.4. The number of carbonyl (C=O) groups excluding carboxylic acids is 1. The van der Waals surface area contributed by atoms with E-state index in [1.54, 1.807) is 0 Å². The van der Waals surface area contributed by atoms with Crippen molar-refractivity contribution < 1.29 is 18.0 Å². The number of likely N-dealkylation sites (tertiary alicyclic amines) is 1. The molecule has 2 unspecified atom stereocenters. The summed E-state index contributed by atoms with van der Waals surface area (Å²) in [6.07, 6.45) is 3.20. The van der Waals surface area contributed by atoms with Crippen LogP contribution in [0, 0.1) is 5.92 Å². The summed E-state index contributed by atoms with van der Waals surface area (Å²) in [6.45, 7) is 0.695. The van der Waals surface area contributed by atoms with E-state index in [0.29, 0.717) is 12.5 Å². The first kappa shape index (κ1) is 15.3. The summed E-state index contributed by atoms with van der Waals surface area (Å²) < 4.78 is 37.6. The van der Waals surface area contributed by atoms with Gasteiger partial charge in [-0.1, -0.05) is 12.8 Å². The van der Waals surface area contributed by atoms with E-state index < -0.39 is 11.9 Å². The van der Waals surface area contributed by atoms with Crippen molar-refractivity contribution in [1.82, 2.24) is 9.88 Å². The van der Waals surface area contributed by atoms with Gasteiger partial charge in [0.05, 0.1) is 5.56 Å². The second-order valence-electron chi connectivity index (χ2n) is 6.18. The Morgan fingerprint density at radius 1 is 1.14 bits per heavy atom. The number of piperidine rings is 1. The van der Waals surface area contributed by atoms with Gasteiger partial charge in [0.25, 0.3) is 5.91 Å². The van der Waals surface area contributed by atoms with Crippen LogP contribution in [-0.4, -0.2) is 28.4 Å². The van der Waals surface area contributed by atoms with E-state index in [4.69, 9.17) is 0 Å². The largest absolute Gasteiger partial charge is 0.433 e. The lowest BCUT2D eigenvalue weighted by Crippen LogP contribution is -2.49. The number of hydrogen-bond acceptors (Lipinski definition) is 2. The van der Waals surface area contributed by atoms with Gasteiger partial charge in [-0.2, -0.15) is 13.2 Å². The van der Waals surface area contributed by atoms with Gasteiger partial charge in [-0.25, -0.2) is 0 Å². The summed E-state index contributed by atoms with van der Waals surface area (Å²) >= 11 is 0. The number of carbonyl (C=O) groups is 1. The van der Waals surface area contributed by atoms with Crippen LogP contribution in [-0.2, 0) is 6.18 Å². The minimum Gasteiger partial charge on any atom is -0.335 e. The van der Waals surface area contributed by atoms with Crippen molar-refractivity contribution in [3.05, 3.63) is 29.6 Å². The molecule has 0 bridgehead atoms. The first-order valence-electron chi connectivity index (χ1n) is 7.81. The fourth-order valence-electron chi connectivity index (χ4n) is 3.73. The Bertz CT molecular complexity index is 539. The van der Waals surface area contributed by atoms with Crippen LogP contribution < -0.4 is 0 Å². The van der Waals surface area contributed by atoms with Gasteiger partial charge in [0.15, 0.2) is 0 Å². The van der Waals surface area contributed by atoms with Gasteiger partial charge in [-0.3, -0.25) is 9.78 Å². The normalized spacial score (nSPS) is 25.7. The van der Waals surface area contributed by atoms with Crippen LogP contribution >= 0.6 is 0 Å². The molecule has 2 atom stereocenters. The molecule has 0 spiro atoms. The monoisotopic (exact) mass is 312 g/mol. The fourth-order valence-corrected chi connectivity index (χ4v) is 3.73. The molecule has 120 valence electrons. The molecule has 2 aliphatic rings. The Balaban J connectivity index is 1.78. The minimum absolute atomic E-state index is 0.183. The molecule has 1 saturated carbocycles. The molecule has 0 aromatic carbocycles. The van der Waals surface area contributed by atoms with Gasteiger partial charge in [0, 0.05) is 18.8 Å². The van der Waals surface area contributed by atoms with Gasteiger partial charge < -0.3 is 4.90 Å². The van der Waals surface area contributed by atoms with E-state index in [1.807, 2.05) is 4.90 Å². The minimum atomic E-state index is -4.47. The average molecular weight is 312 g/mol. The Labute approximate surface area is 127 Å². The zero-order valence-electron chi connectivity index (χ0n) is 12.3. The zero-order chi connectivity index (χ0) is 15.7. The molecule has 0 radical (unpaired) electrons. The van der Waals surface area contributed by atoms with Crippen LogP contribution in [0.5, 0.6) is 0 Å². The molecule has 1 aliphatic carbocycles.